The predicted octanol–water partition coefficient (Wildman–Crippen LogP) is 3.73. The molecule has 0 unspecified atom stereocenters. The van der Waals surface area contributed by atoms with Gasteiger partial charge in [0.1, 0.15) is 0 Å². The maximum Gasteiger partial charge on any atom is 0.164 e. The number of benzene rings is 2. The van der Waals surface area contributed by atoms with E-state index in [4.69, 9.17) is 9.47 Å². The zero-order chi connectivity index (χ0) is 17.1. The summed E-state index contributed by atoms with van der Waals surface area (Å²) in [6, 6.07) is 15.0. The van der Waals surface area contributed by atoms with E-state index in [0.717, 1.165) is 37.5 Å². The van der Waals surface area contributed by atoms with Crippen molar-refractivity contribution in [1.82, 2.24) is 9.55 Å². The van der Waals surface area contributed by atoms with Gasteiger partial charge >= 0.3 is 0 Å². The monoisotopic (exact) mass is 334 g/mol. The minimum atomic E-state index is 0.499. The summed E-state index contributed by atoms with van der Waals surface area (Å²) in [6.07, 6.45) is 7.70. The van der Waals surface area contributed by atoms with Crippen molar-refractivity contribution in [2.75, 3.05) is 13.7 Å². The molecule has 3 aromatic rings. The lowest BCUT2D eigenvalue weighted by Crippen LogP contribution is -2.23. The van der Waals surface area contributed by atoms with Crippen LogP contribution in [-0.4, -0.2) is 23.3 Å². The highest BCUT2D eigenvalue weighted by atomic mass is 16.5. The molecule has 0 saturated carbocycles. The SMILES string of the molecule is COc1cccc2c1OC[C@@H](Cc1ccc(Cn3ccnc3)cc1)C2. The highest BCUT2D eigenvalue weighted by Crippen LogP contribution is 2.36. The Morgan fingerprint density at radius 1 is 1.16 bits per heavy atom. The summed E-state index contributed by atoms with van der Waals surface area (Å²) >= 11 is 0. The second kappa shape index (κ2) is 7.01. The molecule has 0 fully saturated rings. The molecule has 128 valence electrons. The summed E-state index contributed by atoms with van der Waals surface area (Å²) in [5.74, 6) is 2.25. The molecule has 2 aromatic carbocycles. The molecule has 4 rings (SSSR count). The van der Waals surface area contributed by atoms with Gasteiger partial charge in [-0.05, 0) is 35.6 Å². The van der Waals surface area contributed by atoms with Crippen molar-refractivity contribution >= 4 is 0 Å². The van der Waals surface area contributed by atoms with Crippen LogP contribution in [0.3, 0.4) is 0 Å². The van der Waals surface area contributed by atoms with Gasteiger partial charge in [0, 0.05) is 24.9 Å². The van der Waals surface area contributed by atoms with E-state index < -0.39 is 0 Å². The number of methoxy groups -OCH3 is 1. The van der Waals surface area contributed by atoms with Crippen molar-refractivity contribution in [3.05, 3.63) is 77.9 Å². The first-order chi connectivity index (χ1) is 12.3. The van der Waals surface area contributed by atoms with Crippen LogP contribution in [-0.2, 0) is 19.4 Å². The molecule has 2 heterocycles. The number of rotatable bonds is 5. The van der Waals surface area contributed by atoms with Gasteiger partial charge < -0.3 is 14.0 Å². The lowest BCUT2D eigenvalue weighted by molar-refractivity contribution is 0.211. The Kier molecular flexibility index (Phi) is 4.42. The summed E-state index contributed by atoms with van der Waals surface area (Å²) in [5.41, 5.74) is 3.89. The van der Waals surface area contributed by atoms with E-state index in [0.29, 0.717) is 5.92 Å². The van der Waals surface area contributed by atoms with Crippen molar-refractivity contribution in [2.45, 2.75) is 19.4 Å². The van der Waals surface area contributed by atoms with Crippen LogP contribution in [0.5, 0.6) is 11.5 Å². The number of aromatic nitrogens is 2. The Labute approximate surface area is 148 Å². The van der Waals surface area contributed by atoms with E-state index in [-0.39, 0.29) is 0 Å². The number of hydrogen-bond donors (Lipinski definition) is 0. The van der Waals surface area contributed by atoms with Crippen LogP contribution in [0.25, 0.3) is 0 Å². The standard InChI is InChI=1S/C21H22N2O2/c1-24-20-4-2-3-19-12-18(14-25-21(19)20)11-16-5-7-17(8-6-16)13-23-10-9-22-15-23/h2-10,15,18H,11-14H2,1H3/t18-/m0/s1. The average Bonchev–Trinajstić information content (AvgIpc) is 3.15. The van der Waals surface area contributed by atoms with E-state index in [1.54, 1.807) is 7.11 Å². The molecule has 1 atom stereocenters. The van der Waals surface area contributed by atoms with Gasteiger partial charge in [0.15, 0.2) is 11.5 Å². The van der Waals surface area contributed by atoms with Crippen LogP contribution in [0.1, 0.15) is 16.7 Å². The Hall–Kier alpha value is -2.75. The van der Waals surface area contributed by atoms with Crippen molar-refractivity contribution < 1.29 is 9.47 Å². The van der Waals surface area contributed by atoms with Crippen LogP contribution in [0.2, 0.25) is 0 Å². The van der Waals surface area contributed by atoms with Gasteiger partial charge in [-0.25, -0.2) is 4.98 Å². The number of imidazole rings is 1. The Morgan fingerprint density at radius 2 is 2.00 bits per heavy atom. The Bertz CT molecular complexity index is 826. The molecule has 0 saturated heterocycles. The molecule has 0 N–H and O–H groups in total. The molecule has 0 spiro atoms. The van der Waals surface area contributed by atoms with Crippen molar-refractivity contribution in [3.63, 3.8) is 0 Å². The van der Waals surface area contributed by atoms with Crippen LogP contribution in [0.15, 0.2) is 61.2 Å². The van der Waals surface area contributed by atoms with Crippen LogP contribution < -0.4 is 9.47 Å². The van der Waals surface area contributed by atoms with Crippen molar-refractivity contribution in [3.8, 4) is 11.5 Å². The third-order valence-corrected chi connectivity index (χ3v) is 4.72. The minimum Gasteiger partial charge on any atom is -0.493 e. The minimum absolute atomic E-state index is 0.499. The number of fused-ring (bicyclic) bond motifs is 1. The molecular formula is C21H22N2O2. The van der Waals surface area contributed by atoms with E-state index in [9.17, 15) is 0 Å². The van der Waals surface area contributed by atoms with E-state index in [1.165, 1.54) is 16.7 Å². The number of para-hydroxylation sites is 1. The molecule has 1 aliphatic heterocycles. The molecule has 0 amide bonds. The molecule has 4 nitrogen and oxygen atoms in total. The predicted molar refractivity (Wildman–Crippen MR) is 97.2 cm³/mol. The molecule has 1 aliphatic rings. The lowest BCUT2D eigenvalue weighted by Gasteiger charge is -2.26. The second-order valence-corrected chi connectivity index (χ2v) is 6.59. The number of ether oxygens (including phenoxy) is 2. The number of hydrogen-bond acceptors (Lipinski definition) is 3. The summed E-state index contributed by atoms with van der Waals surface area (Å²) in [5, 5.41) is 0. The molecule has 0 radical (unpaired) electrons. The van der Waals surface area contributed by atoms with Gasteiger partial charge in [-0.2, -0.15) is 0 Å². The smallest absolute Gasteiger partial charge is 0.164 e. The quantitative estimate of drug-likeness (QED) is 0.713. The third kappa shape index (κ3) is 3.53. The zero-order valence-corrected chi connectivity index (χ0v) is 14.4. The first kappa shape index (κ1) is 15.8. The maximum absolute atomic E-state index is 5.99. The lowest BCUT2D eigenvalue weighted by atomic mass is 9.90. The summed E-state index contributed by atoms with van der Waals surface area (Å²) < 4.78 is 13.5. The normalized spacial score (nSPS) is 16.1. The fourth-order valence-electron chi connectivity index (χ4n) is 3.45. The van der Waals surface area contributed by atoms with Crippen molar-refractivity contribution in [1.29, 1.82) is 0 Å². The fourth-order valence-corrected chi connectivity index (χ4v) is 3.45. The summed E-state index contributed by atoms with van der Waals surface area (Å²) in [4.78, 5) is 4.08. The second-order valence-electron chi connectivity index (χ2n) is 6.59. The van der Waals surface area contributed by atoms with Crippen LogP contribution >= 0.6 is 0 Å². The van der Waals surface area contributed by atoms with E-state index in [1.807, 2.05) is 30.9 Å². The fraction of sp³-hybridized carbons (Fsp3) is 0.286. The summed E-state index contributed by atoms with van der Waals surface area (Å²) in [6.45, 7) is 1.60. The first-order valence-corrected chi connectivity index (χ1v) is 8.64. The highest BCUT2D eigenvalue weighted by Gasteiger charge is 2.22. The van der Waals surface area contributed by atoms with E-state index in [2.05, 4.69) is 39.9 Å². The first-order valence-electron chi connectivity index (χ1n) is 8.64. The van der Waals surface area contributed by atoms with Gasteiger partial charge in [-0.15, -0.1) is 0 Å². The molecule has 25 heavy (non-hydrogen) atoms. The molecule has 4 heteroatoms. The Balaban J connectivity index is 1.41. The average molecular weight is 334 g/mol. The molecule has 0 bridgehead atoms. The van der Waals surface area contributed by atoms with Gasteiger partial charge in [-0.3, -0.25) is 0 Å². The molecular weight excluding hydrogens is 312 g/mol. The topological polar surface area (TPSA) is 36.3 Å². The Morgan fingerprint density at radius 3 is 2.76 bits per heavy atom. The molecule has 1 aromatic heterocycles. The highest BCUT2D eigenvalue weighted by molar-refractivity contribution is 5.47. The number of nitrogens with zero attached hydrogens (tertiary/aromatic N) is 2. The largest absolute Gasteiger partial charge is 0.493 e. The van der Waals surface area contributed by atoms with E-state index >= 15 is 0 Å². The van der Waals surface area contributed by atoms with Crippen LogP contribution in [0.4, 0.5) is 0 Å². The maximum atomic E-state index is 5.99. The van der Waals surface area contributed by atoms with Gasteiger partial charge in [-0.1, -0.05) is 36.4 Å². The summed E-state index contributed by atoms with van der Waals surface area (Å²) in [7, 11) is 1.69. The van der Waals surface area contributed by atoms with Gasteiger partial charge in [0.2, 0.25) is 0 Å². The zero-order valence-electron chi connectivity index (χ0n) is 14.4. The van der Waals surface area contributed by atoms with Gasteiger partial charge in [0.25, 0.3) is 0 Å². The third-order valence-electron chi connectivity index (χ3n) is 4.72. The molecule has 0 aliphatic carbocycles. The van der Waals surface area contributed by atoms with Crippen molar-refractivity contribution in [2.24, 2.45) is 5.92 Å². The van der Waals surface area contributed by atoms with Crippen LogP contribution in [0, 0.1) is 5.92 Å². The van der Waals surface area contributed by atoms with Gasteiger partial charge in [0.05, 0.1) is 20.0 Å².